The van der Waals surface area contributed by atoms with Crippen LogP contribution in [0.2, 0.25) is 0 Å². The number of carbonyl (C=O) groups excluding carboxylic acids is 2. The average Bonchev–Trinajstić information content (AvgIpc) is 2.52. The average molecular weight is 303 g/mol. The topological polar surface area (TPSA) is 55.8 Å². The van der Waals surface area contributed by atoms with E-state index in [-0.39, 0.29) is 12.5 Å². The van der Waals surface area contributed by atoms with Crippen LogP contribution in [0.3, 0.4) is 0 Å². The zero-order valence-electron chi connectivity index (χ0n) is 12.8. The molecule has 0 aliphatic heterocycles. The summed E-state index contributed by atoms with van der Waals surface area (Å²) in [5.74, 6) is -0.829. The molecule has 5 heteroatoms. The van der Waals surface area contributed by atoms with Gasteiger partial charge in [-0.05, 0) is 17.7 Å². The largest absolute Gasteiger partial charge is 0.452 e. The summed E-state index contributed by atoms with van der Waals surface area (Å²) in [5.41, 5.74) is 1.25. The van der Waals surface area contributed by atoms with Crippen LogP contribution in [-0.2, 0) is 20.9 Å². The van der Waals surface area contributed by atoms with Crippen LogP contribution in [0.15, 0.2) is 49.6 Å². The number of benzene rings is 1. The maximum absolute atomic E-state index is 12.0. The van der Waals surface area contributed by atoms with Gasteiger partial charge in [-0.15, -0.1) is 13.2 Å². The van der Waals surface area contributed by atoms with E-state index in [0.29, 0.717) is 25.3 Å². The van der Waals surface area contributed by atoms with Crippen molar-refractivity contribution in [1.82, 2.24) is 4.90 Å². The van der Waals surface area contributed by atoms with Crippen LogP contribution < -0.4 is 0 Å². The first-order valence-corrected chi connectivity index (χ1v) is 6.87. The van der Waals surface area contributed by atoms with Crippen molar-refractivity contribution in [2.24, 2.45) is 0 Å². The molecule has 1 aromatic rings. The Kier molecular flexibility index (Phi) is 7.64. The highest BCUT2D eigenvalue weighted by Crippen LogP contribution is 2.08. The van der Waals surface area contributed by atoms with Crippen LogP contribution in [-0.4, -0.2) is 43.6 Å². The van der Waals surface area contributed by atoms with Gasteiger partial charge in [-0.3, -0.25) is 4.79 Å². The molecule has 0 aliphatic rings. The lowest BCUT2D eigenvalue weighted by Gasteiger charge is -2.18. The van der Waals surface area contributed by atoms with Crippen molar-refractivity contribution in [3.8, 4) is 0 Å². The van der Waals surface area contributed by atoms with Gasteiger partial charge in [0, 0.05) is 20.2 Å². The molecule has 0 aromatic heterocycles. The van der Waals surface area contributed by atoms with E-state index in [9.17, 15) is 9.59 Å². The number of hydrogen-bond donors (Lipinski definition) is 0. The van der Waals surface area contributed by atoms with Gasteiger partial charge in [0.2, 0.25) is 0 Å². The highest BCUT2D eigenvalue weighted by Gasteiger charge is 2.14. The second-order valence-corrected chi connectivity index (χ2v) is 4.59. The zero-order valence-corrected chi connectivity index (χ0v) is 12.8. The third kappa shape index (κ3) is 5.54. The molecule has 118 valence electrons. The molecule has 1 rings (SSSR count). The lowest BCUT2D eigenvalue weighted by molar-refractivity contribution is -0.133. The predicted molar refractivity (Wildman–Crippen MR) is 84.4 cm³/mol. The molecular weight excluding hydrogens is 282 g/mol. The van der Waals surface area contributed by atoms with Crippen LogP contribution in [0.25, 0.3) is 0 Å². The standard InChI is InChI=1S/C17H21NO4/c1-4-9-18(10-5-2)16(19)13-22-17(20)15-8-6-7-14(11-15)12-21-3/h4-8,11H,1-2,9-10,12-13H2,3H3. The van der Waals surface area contributed by atoms with Crippen molar-refractivity contribution < 1.29 is 19.1 Å². The number of esters is 1. The maximum Gasteiger partial charge on any atom is 0.338 e. The van der Waals surface area contributed by atoms with Crippen molar-refractivity contribution in [3.63, 3.8) is 0 Å². The zero-order chi connectivity index (χ0) is 16.4. The first-order chi connectivity index (χ1) is 10.6. The van der Waals surface area contributed by atoms with E-state index in [0.717, 1.165) is 5.56 Å². The smallest absolute Gasteiger partial charge is 0.338 e. The molecule has 0 aliphatic carbocycles. The Morgan fingerprint density at radius 3 is 2.50 bits per heavy atom. The first kappa shape index (κ1) is 17.7. The number of amides is 1. The summed E-state index contributed by atoms with van der Waals surface area (Å²) in [6.45, 7) is 8.03. The van der Waals surface area contributed by atoms with Crippen LogP contribution in [0, 0.1) is 0 Å². The predicted octanol–water partition coefficient (Wildman–Crippen LogP) is 2.19. The monoisotopic (exact) mass is 303 g/mol. The minimum atomic E-state index is -0.538. The lowest BCUT2D eigenvalue weighted by atomic mass is 10.1. The number of carbonyl (C=O) groups is 2. The third-order valence-corrected chi connectivity index (χ3v) is 2.85. The van der Waals surface area contributed by atoms with E-state index < -0.39 is 5.97 Å². The van der Waals surface area contributed by atoms with Gasteiger partial charge in [0.25, 0.3) is 5.91 Å². The third-order valence-electron chi connectivity index (χ3n) is 2.85. The number of methoxy groups -OCH3 is 1. The molecule has 0 bridgehead atoms. The fourth-order valence-electron chi connectivity index (χ4n) is 1.85. The molecule has 0 atom stereocenters. The van der Waals surface area contributed by atoms with E-state index >= 15 is 0 Å². The molecule has 5 nitrogen and oxygen atoms in total. The fourth-order valence-corrected chi connectivity index (χ4v) is 1.85. The molecule has 0 spiro atoms. The molecule has 0 fully saturated rings. The van der Waals surface area contributed by atoms with Gasteiger partial charge in [0.15, 0.2) is 6.61 Å². The number of rotatable bonds is 9. The van der Waals surface area contributed by atoms with Crippen LogP contribution >= 0.6 is 0 Å². The van der Waals surface area contributed by atoms with Crippen LogP contribution in [0.5, 0.6) is 0 Å². The van der Waals surface area contributed by atoms with E-state index in [1.54, 1.807) is 37.5 Å². The molecule has 0 heterocycles. The highest BCUT2D eigenvalue weighted by atomic mass is 16.5. The Morgan fingerprint density at radius 2 is 1.91 bits per heavy atom. The Balaban J connectivity index is 2.61. The Hall–Kier alpha value is -2.40. The molecule has 0 unspecified atom stereocenters. The van der Waals surface area contributed by atoms with E-state index in [2.05, 4.69) is 13.2 Å². The molecule has 22 heavy (non-hydrogen) atoms. The Labute approximate surface area is 130 Å². The molecule has 1 aromatic carbocycles. The summed E-state index contributed by atoms with van der Waals surface area (Å²) in [7, 11) is 1.58. The summed E-state index contributed by atoms with van der Waals surface area (Å²) in [6.07, 6.45) is 3.22. The second-order valence-electron chi connectivity index (χ2n) is 4.59. The minimum absolute atomic E-state index is 0.291. The normalized spacial score (nSPS) is 9.86. The van der Waals surface area contributed by atoms with Crippen molar-refractivity contribution >= 4 is 11.9 Å². The van der Waals surface area contributed by atoms with Crippen LogP contribution in [0.4, 0.5) is 0 Å². The van der Waals surface area contributed by atoms with Crippen molar-refractivity contribution in [2.45, 2.75) is 6.61 Å². The van der Waals surface area contributed by atoms with Crippen molar-refractivity contribution in [3.05, 3.63) is 60.7 Å². The molecule has 0 saturated carbocycles. The Bertz CT molecular complexity index is 529. The fraction of sp³-hybridized carbons (Fsp3) is 0.294. The van der Waals surface area contributed by atoms with Crippen LogP contribution in [0.1, 0.15) is 15.9 Å². The minimum Gasteiger partial charge on any atom is -0.452 e. The van der Waals surface area contributed by atoms with Gasteiger partial charge >= 0.3 is 5.97 Å². The summed E-state index contributed by atoms with van der Waals surface area (Å²) in [5, 5.41) is 0. The molecule has 0 radical (unpaired) electrons. The molecule has 1 amide bonds. The first-order valence-electron chi connectivity index (χ1n) is 6.87. The molecule has 0 N–H and O–H groups in total. The Morgan fingerprint density at radius 1 is 1.23 bits per heavy atom. The summed E-state index contributed by atoms with van der Waals surface area (Å²) >= 11 is 0. The SMILES string of the molecule is C=CCN(CC=C)C(=O)COC(=O)c1cccc(COC)c1. The number of nitrogens with zero attached hydrogens (tertiary/aromatic N) is 1. The van der Waals surface area contributed by atoms with E-state index in [4.69, 9.17) is 9.47 Å². The van der Waals surface area contributed by atoms with Gasteiger partial charge in [-0.25, -0.2) is 4.79 Å². The maximum atomic E-state index is 12.0. The molecular formula is C17H21NO4. The van der Waals surface area contributed by atoms with Gasteiger partial charge < -0.3 is 14.4 Å². The quantitative estimate of drug-likeness (QED) is 0.518. The van der Waals surface area contributed by atoms with Crippen molar-refractivity contribution in [1.29, 1.82) is 0 Å². The number of ether oxygens (including phenoxy) is 2. The summed E-state index contributed by atoms with van der Waals surface area (Å²) in [4.78, 5) is 25.4. The highest BCUT2D eigenvalue weighted by molar-refractivity contribution is 5.91. The lowest BCUT2D eigenvalue weighted by Crippen LogP contribution is -2.35. The van der Waals surface area contributed by atoms with Gasteiger partial charge in [0.1, 0.15) is 0 Å². The van der Waals surface area contributed by atoms with E-state index in [1.165, 1.54) is 4.90 Å². The van der Waals surface area contributed by atoms with Gasteiger partial charge in [-0.2, -0.15) is 0 Å². The summed E-state index contributed by atoms with van der Waals surface area (Å²) < 4.78 is 10.1. The summed E-state index contributed by atoms with van der Waals surface area (Å²) in [6, 6.07) is 6.91. The van der Waals surface area contributed by atoms with Gasteiger partial charge in [0.05, 0.1) is 12.2 Å². The van der Waals surface area contributed by atoms with Gasteiger partial charge in [-0.1, -0.05) is 24.3 Å². The number of hydrogen-bond acceptors (Lipinski definition) is 4. The molecule has 0 saturated heterocycles. The van der Waals surface area contributed by atoms with E-state index in [1.807, 2.05) is 6.07 Å². The van der Waals surface area contributed by atoms with Crippen molar-refractivity contribution in [2.75, 3.05) is 26.8 Å². The second kappa shape index (κ2) is 9.52.